The highest BCUT2D eigenvalue weighted by Gasteiger charge is 2.54. The van der Waals surface area contributed by atoms with Crippen LogP contribution < -0.4 is 20.7 Å². The van der Waals surface area contributed by atoms with Crippen LogP contribution in [0.25, 0.3) is 0 Å². The van der Waals surface area contributed by atoms with Gasteiger partial charge in [0.2, 0.25) is 11.7 Å². The molecule has 1 saturated heterocycles. The number of rotatable bonds is 12. The summed E-state index contributed by atoms with van der Waals surface area (Å²) >= 11 is 0. The molecule has 5 bridgehead atoms. The van der Waals surface area contributed by atoms with Gasteiger partial charge in [0.1, 0.15) is 35.1 Å². The summed E-state index contributed by atoms with van der Waals surface area (Å²) in [6, 6.07) is 0. The maximum absolute atomic E-state index is 14.9. The number of hydrogen-bond acceptors (Lipinski definition) is 19. The summed E-state index contributed by atoms with van der Waals surface area (Å²) in [5.41, 5.74) is -1.88. The fraction of sp³-hybridized carbons (Fsp3) is 0.596. The first kappa shape index (κ1) is 58.6. The van der Waals surface area contributed by atoms with E-state index in [4.69, 9.17) is 28.7 Å². The highest BCUT2D eigenvalue weighted by Crippen LogP contribution is 2.50. The van der Waals surface area contributed by atoms with Crippen LogP contribution in [0.15, 0.2) is 52.5 Å². The van der Waals surface area contributed by atoms with E-state index in [1.54, 1.807) is 39.8 Å². The number of ether oxygens (including phenoxy) is 5. The first-order chi connectivity index (χ1) is 35.3. The number of ketones is 2. The molecule has 75 heavy (non-hydrogen) atoms. The molecule has 408 valence electrons. The van der Waals surface area contributed by atoms with Gasteiger partial charge in [0, 0.05) is 93.8 Å². The highest BCUT2D eigenvalue weighted by molar-refractivity contribution is 7.44. The molecule has 0 aromatic heterocycles. The number of aliphatic hydroxyl groups is 1. The van der Waals surface area contributed by atoms with E-state index >= 15 is 0 Å². The number of phenolic OH excluding ortho intramolecular Hbond substituents is 1. The Balaban J connectivity index is 1.44. The second-order valence-electron chi connectivity index (χ2n) is 20.8. The molecule has 23 heteroatoms. The number of amides is 2. The van der Waals surface area contributed by atoms with Crippen molar-refractivity contribution >= 4 is 58.0 Å². The van der Waals surface area contributed by atoms with Crippen LogP contribution in [0.2, 0.25) is 0 Å². The van der Waals surface area contributed by atoms with Crippen molar-refractivity contribution in [2.75, 3.05) is 46.9 Å². The van der Waals surface area contributed by atoms with Gasteiger partial charge in [0.15, 0.2) is 22.4 Å². The van der Waals surface area contributed by atoms with Crippen molar-refractivity contribution in [1.82, 2.24) is 25.8 Å². The molecule has 6 rings (SSSR count). The number of likely N-dealkylation sites (N-methyl/N-ethyl adjacent to an activating group) is 1. The van der Waals surface area contributed by atoms with Crippen molar-refractivity contribution < 1.29 is 71.8 Å². The molecular weight excluding hydrogens is 1010 g/mol. The van der Waals surface area contributed by atoms with Crippen LogP contribution in [0.1, 0.15) is 107 Å². The molecule has 1 aromatic rings. The first-order valence-corrected chi connectivity index (χ1v) is 26.8. The zero-order valence-corrected chi connectivity index (χ0v) is 46.3. The van der Waals surface area contributed by atoms with E-state index in [0.717, 1.165) is 6.54 Å². The molecule has 2 amide bonds. The van der Waals surface area contributed by atoms with Gasteiger partial charge in [0.05, 0.1) is 54.1 Å². The fourth-order valence-electron chi connectivity index (χ4n) is 10.4. The van der Waals surface area contributed by atoms with Crippen molar-refractivity contribution in [3.05, 3.63) is 69.8 Å². The molecule has 1 spiro atoms. The molecule has 21 nitrogen and oxygen atoms in total. The summed E-state index contributed by atoms with van der Waals surface area (Å²) in [6.07, 6.45) is 4.21. The Labute approximate surface area is 440 Å². The lowest BCUT2D eigenvalue weighted by Crippen LogP contribution is -2.50. The topological polar surface area (TPSA) is 278 Å². The number of benzene rings is 1. The van der Waals surface area contributed by atoms with Crippen molar-refractivity contribution in [1.29, 1.82) is 0 Å². The number of fused-ring (bicyclic) bond motifs is 3. The highest BCUT2D eigenvalue weighted by atomic mass is 31.1. The summed E-state index contributed by atoms with van der Waals surface area (Å²) in [7, 11) is 1.76. The monoisotopic (exact) mass is 1080 g/mol. The van der Waals surface area contributed by atoms with Gasteiger partial charge in [-0.1, -0.05) is 59.8 Å². The van der Waals surface area contributed by atoms with Gasteiger partial charge < -0.3 is 54.7 Å². The number of allylic oxidation sites excluding steroid dienone is 4. The molecule has 4 heterocycles. The quantitative estimate of drug-likeness (QED) is 0.135. The number of piperidine rings is 1. The van der Waals surface area contributed by atoms with Crippen LogP contribution in [0.4, 0.5) is 0 Å². The number of hydrogen-bond donors (Lipinski definition) is 5. The largest absolute Gasteiger partial charge is 0.507 e. The standard InChI is InChI=1S/C52H70N6O15P2/c1-25(2)22-58-19-17-52(18-20-58)55-39-36-37-43(63)31(8)47-38(36)48(65)51(10,73-47)70-21-16-33(69-12)28(5)46(71-32(9)59)30(7)42(62)29(6)45(72-35(61)24-57(11)23-34(60)53-50(74-67)75-68)26(3)14-13-15-27(4)49(66)54-41(44(37)64)40(39)56-52/h13-16,21,25-26,28-30,33,42,45-46,50,56,62-63H,17-20,22-24H2,1-12H3,(H,53,60)(H,54,66)/b14-13+,21-16+,27-15-/t26-,28+,29-,30+,33-,42+,45-,46+,51-/m0/s1. The Hall–Kier alpha value is -5.69. The molecule has 9 atom stereocenters. The van der Waals surface area contributed by atoms with Gasteiger partial charge in [-0.2, -0.15) is 0 Å². The lowest BCUT2D eigenvalue weighted by Gasteiger charge is -2.39. The predicted octanol–water partition coefficient (Wildman–Crippen LogP) is 5.08. The van der Waals surface area contributed by atoms with Gasteiger partial charge in [0.25, 0.3) is 11.7 Å². The summed E-state index contributed by atoms with van der Waals surface area (Å²) < 4.78 is 52.7. The molecule has 1 fully saturated rings. The van der Waals surface area contributed by atoms with Gasteiger partial charge in [-0.25, -0.2) is 0 Å². The minimum Gasteiger partial charge on any atom is -0.507 e. The number of aromatic hydroxyl groups is 1. The average molecular weight is 1080 g/mol. The predicted molar refractivity (Wildman–Crippen MR) is 275 cm³/mol. The average Bonchev–Trinajstić information content (AvgIpc) is 3.85. The van der Waals surface area contributed by atoms with Gasteiger partial charge in [-0.3, -0.25) is 47.8 Å². The minimum atomic E-state index is -2.04. The number of Topliss-reactive ketones (excluding diaryl/α,β-unsaturated/α-hetero) is 2. The smallest absolute Gasteiger partial charge is 0.320 e. The third-order valence-corrected chi connectivity index (χ3v) is 15.7. The van der Waals surface area contributed by atoms with Crippen LogP contribution in [0, 0.1) is 36.5 Å². The van der Waals surface area contributed by atoms with E-state index in [1.807, 2.05) is 0 Å². The molecule has 1 aromatic carbocycles. The lowest BCUT2D eigenvalue weighted by atomic mass is 9.78. The molecule has 0 saturated carbocycles. The molecule has 4 aliphatic heterocycles. The summed E-state index contributed by atoms with van der Waals surface area (Å²) in [5.74, 6) is -9.36. The number of carbonyl (C=O) groups is 6. The van der Waals surface area contributed by atoms with E-state index in [1.165, 1.54) is 65.2 Å². The summed E-state index contributed by atoms with van der Waals surface area (Å²) in [4.78, 5) is 91.9. The Kier molecular flexibility index (Phi) is 18.8. The van der Waals surface area contributed by atoms with Crippen molar-refractivity contribution in [3.8, 4) is 11.5 Å². The van der Waals surface area contributed by atoms with Crippen LogP contribution in [0.5, 0.6) is 11.5 Å². The maximum Gasteiger partial charge on any atom is 0.320 e. The summed E-state index contributed by atoms with van der Waals surface area (Å²) in [5, 5.41) is 32.7. The number of likely N-dealkylation sites (tertiary alicyclic amines) is 1. The van der Waals surface area contributed by atoms with Crippen molar-refractivity contribution in [2.45, 2.75) is 123 Å². The number of esters is 2. The van der Waals surface area contributed by atoms with E-state index in [9.17, 15) is 48.1 Å². The molecule has 0 radical (unpaired) electrons. The number of nitrogens with zero attached hydrogens (tertiary/aromatic N) is 3. The molecule has 5 aliphatic rings. The van der Waals surface area contributed by atoms with Crippen molar-refractivity contribution in [3.63, 3.8) is 0 Å². The number of nitrogens with one attached hydrogen (secondary N) is 3. The normalized spacial score (nSPS) is 30.1. The molecule has 0 unspecified atom stereocenters. The van der Waals surface area contributed by atoms with Crippen LogP contribution in [-0.4, -0.2) is 149 Å². The van der Waals surface area contributed by atoms with E-state index in [-0.39, 0.29) is 57.2 Å². The Morgan fingerprint density at radius 2 is 1.61 bits per heavy atom. The fourth-order valence-corrected chi connectivity index (χ4v) is 11.0. The Morgan fingerprint density at radius 3 is 2.23 bits per heavy atom. The third-order valence-electron chi connectivity index (χ3n) is 14.5. The summed E-state index contributed by atoms with van der Waals surface area (Å²) in [6.45, 7) is 18.2. The van der Waals surface area contributed by atoms with Crippen LogP contribution in [0.3, 0.4) is 0 Å². The van der Waals surface area contributed by atoms with E-state index < -0.39 is 130 Å². The molecule has 1 aliphatic carbocycles. The molecular formula is C52H70N6O15P2. The zero-order chi connectivity index (χ0) is 55.4. The third kappa shape index (κ3) is 12.6. The molecule has 5 N–H and O–H groups in total. The number of methoxy groups -OCH3 is 1. The van der Waals surface area contributed by atoms with Gasteiger partial charge >= 0.3 is 17.7 Å². The number of phenols is 1. The van der Waals surface area contributed by atoms with Crippen LogP contribution in [-0.2, 0) is 47.3 Å². The van der Waals surface area contributed by atoms with E-state index in [2.05, 4.69) is 34.7 Å². The van der Waals surface area contributed by atoms with Gasteiger partial charge in [-0.15, -0.1) is 0 Å². The lowest BCUT2D eigenvalue weighted by molar-refractivity contribution is -0.165. The van der Waals surface area contributed by atoms with Crippen LogP contribution >= 0.6 is 16.9 Å². The Bertz CT molecular complexity index is 2620. The second kappa shape index (κ2) is 24.1. The van der Waals surface area contributed by atoms with E-state index in [0.29, 0.717) is 31.8 Å². The first-order valence-electron chi connectivity index (χ1n) is 25.0. The second-order valence-corrected chi connectivity index (χ2v) is 22.7. The zero-order valence-electron chi connectivity index (χ0n) is 44.5. The minimum absolute atomic E-state index is 0.0129. The van der Waals surface area contributed by atoms with Gasteiger partial charge in [-0.05, 0) is 32.9 Å². The number of aliphatic imine (C=N–C) groups is 1. The van der Waals surface area contributed by atoms with Crippen molar-refractivity contribution in [2.24, 2.45) is 34.6 Å². The number of aliphatic hydroxyl groups excluding tert-OH is 1. The number of carbonyl (C=O) groups excluding carboxylic acids is 6. The SMILES string of the molecule is CO[C@H]1/C=C/O[C@@]2(C)Oc3c(C)c(O)c4c(c3C2=O)C2=NC3(CCN(CC(C)C)CC3)NC2=C(NC(=O)/C(C)=C\C=C\[C@H](C)[C@H](OC(=O)CN(C)CC(=O)NC(P=O)P=O)[C@@H](C)[C@@H](O)[C@@H](C)[C@H](OC(C)=O)[C@@H]1C)C4=O. The maximum atomic E-state index is 14.9. The Morgan fingerprint density at radius 1 is 0.960 bits per heavy atom.